The fourth-order valence-electron chi connectivity index (χ4n) is 2.53. The number of carbonyl (C=O) groups is 2. The predicted octanol–water partition coefficient (Wildman–Crippen LogP) is 4.21. The molecular formula is C20H17F3N4O5S. The Morgan fingerprint density at radius 3 is 2.58 bits per heavy atom. The smallest absolute Gasteiger partial charge is 0.416 e. The number of halogens is 3. The Balaban J connectivity index is 1.98. The summed E-state index contributed by atoms with van der Waals surface area (Å²) in [7, 11) is 0. The third-order valence-corrected chi connectivity index (χ3v) is 4.99. The number of nitro groups is 1. The van der Waals surface area contributed by atoms with Crippen LogP contribution in [0.25, 0.3) is 0 Å². The maximum absolute atomic E-state index is 12.8. The number of alkyl halides is 3. The molecule has 0 bridgehead atoms. The lowest BCUT2D eigenvalue weighted by Gasteiger charge is -2.16. The number of esters is 1. The highest BCUT2D eigenvalue weighted by atomic mass is 32.2. The van der Waals surface area contributed by atoms with E-state index in [4.69, 9.17) is 10.00 Å². The molecule has 0 aliphatic heterocycles. The van der Waals surface area contributed by atoms with Gasteiger partial charge in [0.15, 0.2) is 6.61 Å². The first-order chi connectivity index (χ1) is 15.5. The number of rotatable bonds is 9. The van der Waals surface area contributed by atoms with Crippen LogP contribution in [0.4, 0.5) is 30.2 Å². The van der Waals surface area contributed by atoms with Gasteiger partial charge in [0, 0.05) is 11.0 Å². The van der Waals surface area contributed by atoms with Gasteiger partial charge < -0.3 is 15.4 Å². The lowest BCUT2D eigenvalue weighted by atomic mass is 10.1. The number of nitriles is 1. The quantitative estimate of drug-likeness (QED) is 0.235. The first-order valence-electron chi connectivity index (χ1n) is 9.20. The second-order valence-corrected chi connectivity index (χ2v) is 7.47. The number of nitrogens with zero attached hydrogens (tertiary/aromatic N) is 2. The van der Waals surface area contributed by atoms with Crippen molar-refractivity contribution in [2.75, 3.05) is 23.0 Å². The molecule has 0 saturated carbocycles. The number of hydrogen-bond acceptors (Lipinski definition) is 8. The molecule has 0 fully saturated rings. The summed E-state index contributed by atoms with van der Waals surface area (Å²) in [6, 6.07) is 9.30. The van der Waals surface area contributed by atoms with E-state index in [-0.39, 0.29) is 11.4 Å². The van der Waals surface area contributed by atoms with E-state index in [1.165, 1.54) is 18.7 Å². The van der Waals surface area contributed by atoms with Gasteiger partial charge in [-0.3, -0.25) is 14.9 Å². The van der Waals surface area contributed by atoms with Gasteiger partial charge in [-0.25, -0.2) is 4.79 Å². The van der Waals surface area contributed by atoms with Gasteiger partial charge in [-0.1, -0.05) is 12.1 Å². The third-order valence-electron chi connectivity index (χ3n) is 4.05. The molecule has 2 aromatic carbocycles. The molecule has 0 radical (unpaired) electrons. The van der Waals surface area contributed by atoms with Crippen molar-refractivity contribution in [3.05, 3.63) is 58.1 Å². The first kappa shape index (κ1) is 25.5. The molecule has 9 nitrogen and oxygen atoms in total. The molecular weight excluding hydrogens is 465 g/mol. The van der Waals surface area contributed by atoms with Gasteiger partial charge in [-0.05, 0) is 31.2 Å². The fourth-order valence-corrected chi connectivity index (χ4v) is 3.20. The Bertz CT molecular complexity index is 1090. The summed E-state index contributed by atoms with van der Waals surface area (Å²) in [6.45, 7) is 0.604. The van der Waals surface area contributed by atoms with Gasteiger partial charge in [0.1, 0.15) is 11.7 Å². The Kier molecular flexibility index (Phi) is 8.63. The van der Waals surface area contributed by atoms with Crippen molar-refractivity contribution in [1.29, 1.82) is 5.26 Å². The van der Waals surface area contributed by atoms with Gasteiger partial charge in [-0.15, -0.1) is 11.8 Å². The van der Waals surface area contributed by atoms with E-state index in [0.717, 1.165) is 6.07 Å². The summed E-state index contributed by atoms with van der Waals surface area (Å²) < 4.78 is 43.3. The summed E-state index contributed by atoms with van der Waals surface area (Å²) in [6.07, 6.45) is -4.77. The van der Waals surface area contributed by atoms with E-state index in [1.807, 2.05) is 6.07 Å². The van der Waals surface area contributed by atoms with Crippen molar-refractivity contribution < 1.29 is 32.4 Å². The minimum atomic E-state index is -4.77. The van der Waals surface area contributed by atoms with Crippen LogP contribution in [0.5, 0.6) is 0 Å². The van der Waals surface area contributed by atoms with Crippen molar-refractivity contribution in [1.82, 2.24) is 0 Å². The molecule has 33 heavy (non-hydrogen) atoms. The largest absolute Gasteiger partial charge is 0.454 e. The van der Waals surface area contributed by atoms with Crippen molar-refractivity contribution in [3.63, 3.8) is 0 Å². The van der Waals surface area contributed by atoms with Crippen LogP contribution in [0, 0.1) is 21.4 Å². The lowest BCUT2D eigenvalue weighted by Crippen LogP contribution is -2.31. The third kappa shape index (κ3) is 7.39. The molecule has 1 atom stereocenters. The predicted molar refractivity (Wildman–Crippen MR) is 114 cm³/mol. The summed E-state index contributed by atoms with van der Waals surface area (Å²) in [4.78, 5) is 35.1. The summed E-state index contributed by atoms with van der Waals surface area (Å²) in [5, 5.41) is 24.8. The topological polar surface area (TPSA) is 134 Å². The Hall–Kier alpha value is -3.79. The standard InChI is InChI=1S/C20H17F3N4O5S/c1-12(25-14-7-6-13(20(21,22)23)10-16(14)27(30)31)19(29)32-11-18(28)26-15-4-2-3-5-17(15)33-9-8-24/h2-7,10,12,25H,9,11H2,1H3,(H,26,28)/t12-/m1/s1. The number of amides is 1. The maximum Gasteiger partial charge on any atom is 0.416 e. The molecule has 0 unspecified atom stereocenters. The van der Waals surface area contributed by atoms with Crippen LogP contribution in [-0.2, 0) is 20.5 Å². The van der Waals surface area contributed by atoms with Crippen molar-refractivity contribution in [2.24, 2.45) is 0 Å². The van der Waals surface area contributed by atoms with Crippen LogP contribution in [0.1, 0.15) is 12.5 Å². The van der Waals surface area contributed by atoms with E-state index < -0.39 is 46.9 Å². The average molecular weight is 482 g/mol. The molecule has 0 aliphatic carbocycles. The molecule has 2 N–H and O–H groups in total. The molecule has 13 heteroatoms. The van der Waals surface area contributed by atoms with E-state index in [9.17, 15) is 32.9 Å². The number of nitro benzene ring substituents is 1. The highest BCUT2D eigenvalue weighted by Crippen LogP contribution is 2.35. The molecule has 0 aliphatic rings. The Labute approximate surface area is 190 Å². The van der Waals surface area contributed by atoms with Gasteiger partial charge in [0.05, 0.1) is 28.0 Å². The SMILES string of the molecule is C[C@@H](Nc1ccc(C(F)(F)F)cc1[N+](=O)[O-])C(=O)OCC(=O)Nc1ccccc1SCC#N. The average Bonchev–Trinajstić information content (AvgIpc) is 2.76. The zero-order chi connectivity index (χ0) is 24.6. The van der Waals surface area contributed by atoms with Gasteiger partial charge in [0.25, 0.3) is 11.6 Å². The number of benzene rings is 2. The van der Waals surface area contributed by atoms with Crippen LogP contribution in [0.3, 0.4) is 0 Å². The molecule has 2 aromatic rings. The van der Waals surface area contributed by atoms with Crippen LogP contribution in [-0.4, -0.2) is 35.2 Å². The summed E-state index contributed by atoms with van der Waals surface area (Å²) in [5.41, 5.74) is -1.97. The van der Waals surface area contributed by atoms with Gasteiger partial charge in [-0.2, -0.15) is 18.4 Å². The van der Waals surface area contributed by atoms with Gasteiger partial charge in [0.2, 0.25) is 0 Å². The van der Waals surface area contributed by atoms with Crippen LogP contribution >= 0.6 is 11.8 Å². The van der Waals surface area contributed by atoms with Crippen LogP contribution in [0.2, 0.25) is 0 Å². The second-order valence-electron chi connectivity index (χ2n) is 6.45. The zero-order valence-electron chi connectivity index (χ0n) is 17.0. The number of thioether (sulfide) groups is 1. The maximum atomic E-state index is 12.8. The number of hydrogen-bond donors (Lipinski definition) is 2. The minimum Gasteiger partial charge on any atom is -0.454 e. The van der Waals surface area contributed by atoms with E-state index >= 15 is 0 Å². The summed E-state index contributed by atoms with van der Waals surface area (Å²) >= 11 is 1.21. The van der Waals surface area contributed by atoms with Crippen molar-refractivity contribution in [2.45, 2.75) is 24.0 Å². The second kappa shape index (κ2) is 11.2. The Morgan fingerprint density at radius 2 is 1.94 bits per heavy atom. The van der Waals surface area contributed by atoms with Crippen molar-refractivity contribution in [3.8, 4) is 6.07 Å². The number of nitrogens with one attached hydrogen (secondary N) is 2. The molecule has 1 amide bonds. The van der Waals surface area contributed by atoms with E-state index in [1.54, 1.807) is 24.3 Å². The van der Waals surface area contributed by atoms with E-state index in [0.29, 0.717) is 22.7 Å². The Morgan fingerprint density at radius 1 is 1.24 bits per heavy atom. The number of ether oxygens (including phenoxy) is 1. The van der Waals surface area contributed by atoms with Crippen molar-refractivity contribution >= 4 is 40.7 Å². The fraction of sp³-hybridized carbons (Fsp3) is 0.250. The summed E-state index contributed by atoms with van der Waals surface area (Å²) in [5.74, 6) is -1.45. The zero-order valence-corrected chi connectivity index (χ0v) is 17.8. The lowest BCUT2D eigenvalue weighted by molar-refractivity contribution is -0.384. The molecule has 2 rings (SSSR count). The van der Waals surface area contributed by atoms with Gasteiger partial charge >= 0.3 is 12.1 Å². The highest BCUT2D eigenvalue weighted by Gasteiger charge is 2.33. The molecule has 174 valence electrons. The van der Waals surface area contributed by atoms with Crippen LogP contribution in [0.15, 0.2) is 47.4 Å². The molecule has 0 heterocycles. The minimum absolute atomic E-state index is 0.168. The number of anilines is 2. The molecule has 0 saturated heterocycles. The molecule has 0 spiro atoms. The highest BCUT2D eigenvalue weighted by molar-refractivity contribution is 7.99. The molecule has 0 aromatic heterocycles. The number of carbonyl (C=O) groups excluding carboxylic acids is 2. The normalized spacial score (nSPS) is 11.7. The monoisotopic (exact) mass is 482 g/mol. The van der Waals surface area contributed by atoms with E-state index in [2.05, 4.69) is 10.6 Å². The van der Waals surface area contributed by atoms with Crippen LogP contribution < -0.4 is 10.6 Å². The first-order valence-corrected chi connectivity index (χ1v) is 10.2. The number of para-hydroxylation sites is 1.